The highest BCUT2D eigenvalue weighted by Gasteiger charge is 2.25. The van der Waals surface area contributed by atoms with Crippen molar-refractivity contribution in [3.05, 3.63) is 59.1 Å². The van der Waals surface area contributed by atoms with Crippen molar-refractivity contribution in [3.63, 3.8) is 0 Å². The summed E-state index contributed by atoms with van der Waals surface area (Å²) < 4.78 is 10.8. The monoisotopic (exact) mass is 418 g/mol. The minimum atomic E-state index is -0.577. The highest BCUT2D eigenvalue weighted by atomic mass is 35.5. The number of hydrogen-bond acceptors (Lipinski definition) is 4. The van der Waals surface area contributed by atoms with Crippen molar-refractivity contribution in [3.8, 4) is 11.5 Å². The summed E-state index contributed by atoms with van der Waals surface area (Å²) in [5.74, 6) is 1.14. The third-order valence-corrected chi connectivity index (χ3v) is 4.79. The van der Waals surface area contributed by atoms with Crippen LogP contribution in [0.25, 0.3) is 0 Å². The molecular formula is C22H27ClN2O4. The highest BCUT2D eigenvalue weighted by Crippen LogP contribution is 2.17. The molecule has 1 atom stereocenters. The lowest BCUT2D eigenvalue weighted by Gasteiger charge is -2.28. The van der Waals surface area contributed by atoms with E-state index < -0.39 is 6.04 Å². The molecule has 156 valence electrons. The van der Waals surface area contributed by atoms with Crippen LogP contribution in [0, 0.1) is 0 Å². The van der Waals surface area contributed by atoms with E-state index in [1.54, 1.807) is 50.2 Å². The SMILES string of the molecule is CNC(=O)[C@@H](C)N(Cc1ccc(OC)cc1)C(=O)CCCOc1ccc(Cl)cc1. The molecule has 2 amide bonds. The number of hydrogen-bond donors (Lipinski definition) is 1. The molecule has 0 aliphatic heterocycles. The quantitative estimate of drug-likeness (QED) is 0.598. The molecule has 0 aliphatic carbocycles. The summed E-state index contributed by atoms with van der Waals surface area (Å²) >= 11 is 5.85. The Morgan fingerprint density at radius 3 is 2.28 bits per heavy atom. The van der Waals surface area contributed by atoms with Gasteiger partial charge in [0.25, 0.3) is 0 Å². The molecule has 0 saturated heterocycles. The van der Waals surface area contributed by atoms with Crippen LogP contribution in [0.15, 0.2) is 48.5 Å². The third kappa shape index (κ3) is 6.98. The van der Waals surface area contributed by atoms with Crippen molar-refractivity contribution in [2.45, 2.75) is 32.4 Å². The number of rotatable bonds is 10. The van der Waals surface area contributed by atoms with Crippen LogP contribution in [-0.2, 0) is 16.1 Å². The van der Waals surface area contributed by atoms with Gasteiger partial charge in [-0.15, -0.1) is 0 Å². The Morgan fingerprint density at radius 2 is 1.69 bits per heavy atom. The number of carbonyl (C=O) groups excluding carboxylic acids is 2. The fraction of sp³-hybridized carbons (Fsp3) is 0.364. The summed E-state index contributed by atoms with van der Waals surface area (Å²) in [7, 11) is 3.17. The smallest absolute Gasteiger partial charge is 0.242 e. The number of amides is 2. The molecule has 0 spiro atoms. The molecule has 2 rings (SSSR count). The highest BCUT2D eigenvalue weighted by molar-refractivity contribution is 6.30. The number of ether oxygens (including phenoxy) is 2. The Morgan fingerprint density at radius 1 is 1.07 bits per heavy atom. The largest absolute Gasteiger partial charge is 0.497 e. The Hall–Kier alpha value is -2.73. The Labute approximate surface area is 176 Å². The molecule has 0 heterocycles. The summed E-state index contributed by atoms with van der Waals surface area (Å²) in [6.07, 6.45) is 0.826. The maximum Gasteiger partial charge on any atom is 0.242 e. The number of likely N-dealkylation sites (N-methyl/N-ethyl adjacent to an activating group) is 1. The molecule has 0 aliphatic rings. The number of benzene rings is 2. The lowest BCUT2D eigenvalue weighted by molar-refractivity contribution is -0.140. The van der Waals surface area contributed by atoms with Gasteiger partial charge in [-0.1, -0.05) is 23.7 Å². The van der Waals surface area contributed by atoms with E-state index in [2.05, 4.69) is 5.32 Å². The lowest BCUT2D eigenvalue weighted by atomic mass is 10.1. The predicted octanol–water partition coefficient (Wildman–Crippen LogP) is 3.67. The van der Waals surface area contributed by atoms with E-state index in [9.17, 15) is 9.59 Å². The van der Waals surface area contributed by atoms with E-state index >= 15 is 0 Å². The second-order valence-corrected chi connectivity index (χ2v) is 7.00. The van der Waals surface area contributed by atoms with Gasteiger partial charge in [-0.3, -0.25) is 9.59 Å². The summed E-state index contributed by atoms with van der Waals surface area (Å²) in [4.78, 5) is 26.6. The van der Waals surface area contributed by atoms with Gasteiger partial charge in [0.1, 0.15) is 17.5 Å². The van der Waals surface area contributed by atoms with Gasteiger partial charge in [0.05, 0.1) is 13.7 Å². The van der Waals surface area contributed by atoms with Gasteiger partial charge < -0.3 is 19.7 Å². The van der Waals surface area contributed by atoms with Crippen LogP contribution in [0.1, 0.15) is 25.3 Å². The van der Waals surface area contributed by atoms with Crippen molar-refractivity contribution in [1.29, 1.82) is 0 Å². The third-order valence-electron chi connectivity index (χ3n) is 4.54. The van der Waals surface area contributed by atoms with Crippen molar-refractivity contribution >= 4 is 23.4 Å². The zero-order chi connectivity index (χ0) is 21.2. The number of nitrogens with one attached hydrogen (secondary N) is 1. The van der Waals surface area contributed by atoms with Crippen molar-refractivity contribution in [2.75, 3.05) is 20.8 Å². The molecule has 0 radical (unpaired) electrons. The minimum absolute atomic E-state index is 0.100. The molecule has 0 unspecified atom stereocenters. The number of methoxy groups -OCH3 is 1. The van der Waals surface area contributed by atoms with Crippen molar-refractivity contribution in [2.24, 2.45) is 0 Å². The molecule has 2 aromatic rings. The first-order valence-electron chi connectivity index (χ1n) is 9.47. The van der Waals surface area contributed by atoms with E-state index in [4.69, 9.17) is 21.1 Å². The first kappa shape index (κ1) is 22.6. The van der Waals surface area contributed by atoms with Crippen LogP contribution in [0.4, 0.5) is 0 Å². The topological polar surface area (TPSA) is 67.9 Å². The first-order valence-corrected chi connectivity index (χ1v) is 9.84. The van der Waals surface area contributed by atoms with E-state index in [1.807, 2.05) is 24.3 Å². The van der Waals surface area contributed by atoms with E-state index in [0.29, 0.717) is 30.3 Å². The van der Waals surface area contributed by atoms with Crippen LogP contribution < -0.4 is 14.8 Å². The van der Waals surface area contributed by atoms with Crippen LogP contribution >= 0.6 is 11.6 Å². The van der Waals surface area contributed by atoms with Gasteiger partial charge in [0.2, 0.25) is 11.8 Å². The van der Waals surface area contributed by atoms with Crippen molar-refractivity contribution < 1.29 is 19.1 Å². The maximum absolute atomic E-state index is 12.8. The van der Waals surface area contributed by atoms with Gasteiger partial charge >= 0.3 is 0 Å². The standard InChI is InChI=1S/C22H27ClN2O4/c1-16(22(27)24-2)25(15-17-6-10-19(28-3)11-7-17)21(26)5-4-14-29-20-12-8-18(23)9-13-20/h6-13,16H,4-5,14-15H2,1-3H3,(H,24,27)/t16-/m1/s1. The molecule has 1 N–H and O–H groups in total. The van der Waals surface area contributed by atoms with Gasteiger partial charge in [-0.2, -0.15) is 0 Å². The predicted molar refractivity (Wildman–Crippen MR) is 113 cm³/mol. The number of halogens is 1. The zero-order valence-electron chi connectivity index (χ0n) is 17.0. The maximum atomic E-state index is 12.8. The fourth-order valence-electron chi connectivity index (χ4n) is 2.81. The minimum Gasteiger partial charge on any atom is -0.497 e. The van der Waals surface area contributed by atoms with Gasteiger partial charge in [-0.25, -0.2) is 0 Å². The second-order valence-electron chi connectivity index (χ2n) is 6.57. The molecule has 6 nitrogen and oxygen atoms in total. The molecule has 0 bridgehead atoms. The average Bonchev–Trinajstić information content (AvgIpc) is 2.75. The average molecular weight is 419 g/mol. The lowest BCUT2D eigenvalue weighted by Crippen LogP contribution is -2.46. The Bertz CT molecular complexity index is 793. The van der Waals surface area contributed by atoms with Gasteiger partial charge in [0, 0.05) is 25.0 Å². The Balaban J connectivity index is 1.95. The molecule has 7 heteroatoms. The van der Waals surface area contributed by atoms with Crippen LogP contribution in [0.2, 0.25) is 5.02 Å². The molecular weight excluding hydrogens is 392 g/mol. The molecule has 0 fully saturated rings. The fourth-order valence-corrected chi connectivity index (χ4v) is 2.93. The first-order chi connectivity index (χ1) is 13.9. The van der Waals surface area contributed by atoms with Gasteiger partial charge in [-0.05, 0) is 55.3 Å². The normalized spacial score (nSPS) is 11.4. The molecule has 29 heavy (non-hydrogen) atoms. The van der Waals surface area contributed by atoms with E-state index in [0.717, 1.165) is 11.3 Å². The molecule has 2 aromatic carbocycles. The van der Waals surface area contributed by atoms with E-state index in [1.165, 1.54) is 0 Å². The summed E-state index contributed by atoms with van der Waals surface area (Å²) in [5, 5.41) is 3.25. The Kier molecular flexibility index (Phi) is 8.80. The van der Waals surface area contributed by atoms with Crippen molar-refractivity contribution in [1.82, 2.24) is 10.2 Å². The van der Waals surface area contributed by atoms with Crippen LogP contribution in [-0.4, -0.2) is 43.5 Å². The second kappa shape index (κ2) is 11.3. The number of nitrogens with zero attached hydrogens (tertiary/aromatic N) is 1. The van der Waals surface area contributed by atoms with Crippen LogP contribution in [0.3, 0.4) is 0 Å². The number of carbonyl (C=O) groups is 2. The summed E-state index contributed by atoms with van der Waals surface area (Å²) in [6, 6.07) is 13.9. The van der Waals surface area contributed by atoms with E-state index in [-0.39, 0.29) is 18.2 Å². The van der Waals surface area contributed by atoms with Gasteiger partial charge in [0.15, 0.2) is 0 Å². The zero-order valence-corrected chi connectivity index (χ0v) is 17.7. The molecule has 0 aromatic heterocycles. The van der Waals surface area contributed by atoms with Crippen LogP contribution in [0.5, 0.6) is 11.5 Å². The molecule has 0 saturated carbocycles. The summed E-state index contributed by atoms with van der Waals surface area (Å²) in [6.45, 7) is 2.47. The summed E-state index contributed by atoms with van der Waals surface area (Å²) in [5.41, 5.74) is 0.923.